The van der Waals surface area contributed by atoms with Crippen LogP contribution in [0.1, 0.15) is 12.5 Å². The van der Waals surface area contributed by atoms with Crippen molar-refractivity contribution in [3.63, 3.8) is 0 Å². The average Bonchev–Trinajstić information content (AvgIpc) is 2.79. The molecule has 0 fully saturated rings. The van der Waals surface area contributed by atoms with Crippen molar-refractivity contribution >= 4 is 51.0 Å². The third kappa shape index (κ3) is 6.51. The number of halogens is 2. The van der Waals surface area contributed by atoms with Crippen molar-refractivity contribution in [2.75, 3.05) is 11.9 Å². The second kappa shape index (κ2) is 11.1. The van der Waals surface area contributed by atoms with E-state index in [1.807, 2.05) is 6.07 Å². The lowest BCUT2D eigenvalue weighted by Gasteiger charge is -2.13. The maximum Gasteiger partial charge on any atom is 0.339 e. The van der Waals surface area contributed by atoms with Crippen LogP contribution in [0.25, 0.3) is 6.08 Å². The molecule has 0 spiro atoms. The van der Waals surface area contributed by atoms with Crippen LogP contribution in [-0.2, 0) is 14.9 Å². The van der Waals surface area contributed by atoms with E-state index in [0.717, 1.165) is 0 Å². The van der Waals surface area contributed by atoms with Crippen molar-refractivity contribution in [1.29, 1.82) is 5.26 Å². The van der Waals surface area contributed by atoms with Gasteiger partial charge in [-0.05, 0) is 73.2 Å². The second-order valence-corrected chi connectivity index (χ2v) is 9.18. The Hall–Kier alpha value is -3.51. The Kier molecular flexibility index (Phi) is 8.18. The van der Waals surface area contributed by atoms with Crippen LogP contribution in [0.4, 0.5) is 5.69 Å². The van der Waals surface area contributed by atoms with Gasteiger partial charge >= 0.3 is 10.1 Å². The minimum absolute atomic E-state index is 0.0455. The molecule has 0 saturated heterocycles. The number of nitrogens with zero attached hydrogens (tertiary/aromatic N) is 1. The van der Waals surface area contributed by atoms with Gasteiger partial charge in [-0.3, -0.25) is 4.79 Å². The van der Waals surface area contributed by atoms with Gasteiger partial charge in [0.2, 0.25) is 0 Å². The van der Waals surface area contributed by atoms with E-state index in [4.69, 9.17) is 32.1 Å². The summed E-state index contributed by atoms with van der Waals surface area (Å²) in [5.74, 6) is -0.550. The molecular formula is C24H18Cl2N2O5S. The van der Waals surface area contributed by atoms with Gasteiger partial charge in [0.15, 0.2) is 11.5 Å². The van der Waals surface area contributed by atoms with E-state index < -0.39 is 16.0 Å². The Morgan fingerprint density at radius 2 is 1.76 bits per heavy atom. The molecular weight excluding hydrogens is 499 g/mol. The van der Waals surface area contributed by atoms with E-state index in [0.29, 0.717) is 21.3 Å². The lowest BCUT2D eigenvalue weighted by Crippen LogP contribution is -2.13. The van der Waals surface area contributed by atoms with Crippen LogP contribution in [0.2, 0.25) is 10.0 Å². The molecule has 0 heterocycles. The normalized spacial score (nSPS) is 11.4. The van der Waals surface area contributed by atoms with Crippen molar-refractivity contribution in [1.82, 2.24) is 0 Å². The molecule has 0 aliphatic rings. The highest BCUT2D eigenvalue weighted by Gasteiger charge is 2.20. The zero-order valence-corrected chi connectivity index (χ0v) is 20.1. The molecule has 0 aliphatic heterocycles. The smallest absolute Gasteiger partial charge is 0.339 e. The third-order valence-corrected chi connectivity index (χ3v) is 6.06. The first-order valence-corrected chi connectivity index (χ1v) is 12.0. The maximum absolute atomic E-state index is 12.6. The van der Waals surface area contributed by atoms with Gasteiger partial charge in [0.05, 0.1) is 6.61 Å². The lowest BCUT2D eigenvalue weighted by atomic mass is 10.1. The average molecular weight is 517 g/mol. The number of nitriles is 1. The highest BCUT2D eigenvalue weighted by atomic mass is 35.5. The molecule has 0 bridgehead atoms. The van der Waals surface area contributed by atoms with Gasteiger partial charge in [-0.15, -0.1) is 0 Å². The zero-order valence-electron chi connectivity index (χ0n) is 17.8. The Morgan fingerprint density at radius 1 is 1.03 bits per heavy atom. The Morgan fingerprint density at radius 3 is 2.41 bits per heavy atom. The summed E-state index contributed by atoms with van der Waals surface area (Å²) in [5, 5.41) is 12.9. The van der Waals surface area contributed by atoms with Crippen LogP contribution in [0.5, 0.6) is 11.5 Å². The molecule has 0 radical (unpaired) electrons. The largest absolute Gasteiger partial charge is 0.490 e. The molecule has 10 heteroatoms. The molecule has 34 heavy (non-hydrogen) atoms. The Balaban J connectivity index is 1.87. The first-order valence-electron chi connectivity index (χ1n) is 9.87. The number of carbonyl (C=O) groups excluding carboxylic acids is 1. The van der Waals surface area contributed by atoms with Gasteiger partial charge in [-0.25, -0.2) is 0 Å². The quantitative estimate of drug-likeness (QED) is 0.233. The molecule has 0 saturated carbocycles. The van der Waals surface area contributed by atoms with Crippen molar-refractivity contribution in [3.05, 3.63) is 87.9 Å². The topological polar surface area (TPSA) is 105 Å². The van der Waals surface area contributed by atoms with Crippen molar-refractivity contribution < 1.29 is 22.1 Å². The van der Waals surface area contributed by atoms with E-state index in [2.05, 4.69) is 5.32 Å². The second-order valence-electron chi connectivity index (χ2n) is 6.76. The van der Waals surface area contributed by atoms with Crippen LogP contribution >= 0.6 is 23.2 Å². The molecule has 3 aromatic rings. The van der Waals surface area contributed by atoms with E-state index >= 15 is 0 Å². The van der Waals surface area contributed by atoms with Gasteiger partial charge in [0.25, 0.3) is 5.91 Å². The molecule has 0 aliphatic carbocycles. The van der Waals surface area contributed by atoms with Gasteiger partial charge in [0.1, 0.15) is 16.5 Å². The number of carbonyl (C=O) groups is 1. The van der Waals surface area contributed by atoms with E-state index in [9.17, 15) is 18.5 Å². The van der Waals surface area contributed by atoms with Gasteiger partial charge in [-0.2, -0.15) is 13.7 Å². The summed E-state index contributed by atoms with van der Waals surface area (Å²) in [6, 6.07) is 18.2. The van der Waals surface area contributed by atoms with Gasteiger partial charge in [0, 0.05) is 15.7 Å². The molecule has 1 N–H and O–H groups in total. The zero-order chi connectivity index (χ0) is 24.7. The number of benzene rings is 3. The number of hydrogen-bond donors (Lipinski definition) is 1. The van der Waals surface area contributed by atoms with Crippen LogP contribution in [0.3, 0.4) is 0 Å². The van der Waals surface area contributed by atoms with Crippen LogP contribution in [-0.4, -0.2) is 20.9 Å². The lowest BCUT2D eigenvalue weighted by molar-refractivity contribution is -0.112. The van der Waals surface area contributed by atoms with Crippen LogP contribution in [0, 0.1) is 11.3 Å². The molecule has 0 unspecified atom stereocenters. The fourth-order valence-corrected chi connectivity index (χ4v) is 4.06. The summed E-state index contributed by atoms with van der Waals surface area (Å²) in [5.41, 5.74) is 0.687. The van der Waals surface area contributed by atoms with E-state index in [-0.39, 0.29) is 28.6 Å². The van der Waals surface area contributed by atoms with Crippen LogP contribution in [0.15, 0.2) is 77.2 Å². The highest BCUT2D eigenvalue weighted by Crippen LogP contribution is 2.32. The van der Waals surface area contributed by atoms with Crippen molar-refractivity contribution in [2.24, 2.45) is 0 Å². The molecule has 3 rings (SSSR count). The maximum atomic E-state index is 12.6. The van der Waals surface area contributed by atoms with Crippen molar-refractivity contribution in [3.8, 4) is 17.6 Å². The number of anilines is 1. The molecule has 0 atom stereocenters. The monoisotopic (exact) mass is 516 g/mol. The molecule has 3 aromatic carbocycles. The summed E-state index contributed by atoms with van der Waals surface area (Å²) >= 11 is 11.7. The summed E-state index contributed by atoms with van der Waals surface area (Å²) in [6.45, 7) is 1.95. The van der Waals surface area contributed by atoms with Gasteiger partial charge in [-0.1, -0.05) is 35.3 Å². The number of hydrogen-bond acceptors (Lipinski definition) is 6. The SMILES string of the molecule is CCOc1cc(/C=C(\C#N)C(=O)Nc2cccc(Cl)c2)ccc1OS(=O)(=O)c1ccc(Cl)cc1. The third-order valence-electron chi connectivity index (χ3n) is 4.33. The van der Waals surface area contributed by atoms with Crippen LogP contribution < -0.4 is 14.2 Å². The number of rotatable bonds is 8. The standard InChI is InChI=1S/C24H18Cl2N2O5S/c1-2-32-23-13-16(12-17(15-27)24(29)28-20-5-3-4-19(26)14-20)6-11-22(23)33-34(30,31)21-9-7-18(25)8-10-21/h3-14H,2H2,1H3,(H,28,29)/b17-12+. The Bertz CT molecular complexity index is 1380. The minimum atomic E-state index is -4.14. The molecule has 174 valence electrons. The van der Waals surface area contributed by atoms with Crippen molar-refractivity contribution in [2.45, 2.75) is 11.8 Å². The molecule has 7 nitrogen and oxygen atoms in total. The predicted octanol–water partition coefficient (Wildman–Crippen LogP) is 5.71. The summed E-state index contributed by atoms with van der Waals surface area (Å²) in [6.07, 6.45) is 1.35. The fourth-order valence-electron chi connectivity index (χ4n) is 2.80. The summed E-state index contributed by atoms with van der Waals surface area (Å²) < 4.78 is 36.0. The molecule has 1 amide bonds. The van der Waals surface area contributed by atoms with Gasteiger partial charge < -0.3 is 14.2 Å². The first kappa shape index (κ1) is 25.1. The van der Waals surface area contributed by atoms with E-state index in [1.54, 1.807) is 31.2 Å². The first-order chi connectivity index (χ1) is 16.2. The Labute approximate surface area is 207 Å². The summed E-state index contributed by atoms with van der Waals surface area (Å²) in [4.78, 5) is 12.4. The summed E-state index contributed by atoms with van der Waals surface area (Å²) in [7, 11) is -4.14. The highest BCUT2D eigenvalue weighted by molar-refractivity contribution is 7.87. The minimum Gasteiger partial charge on any atom is -0.490 e. The number of amides is 1. The fraction of sp³-hybridized carbons (Fsp3) is 0.0833. The number of nitrogens with one attached hydrogen (secondary N) is 1. The van der Waals surface area contributed by atoms with E-state index in [1.165, 1.54) is 48.5 Å². The number of ether oxygens (including phenoxy) is 1. The molecule has 0 aromatic heterocycles. The predicted molar refractivity (Wildman–Crippen MR) is 131 cm³/mol.